The third-order valence-corrected chi connectivity index (χ3v) is 10.0. The van der Waals surface area contributed by atoms with Gasteiger partial charge in [0.05, 0.1) is 19.1 Å². The molecule has 1 aliphatic rings. The number of hydrogen-bond donors (Lipinski definition) is 2. The smallest absolute Gasteiger partial charge is 0.308 e. The van der Waals surface area contributed by atoms with Crippen molar-refractivity contribution in [1.29, 1.82) is 0 Å². The Labute approximate surface area is 294 Å². The highest BCUT2D eigenvalue weighted by atomic mass is 32.1. The highest BCUT2D eigenvalue weighted by molar-refractivity contribution is 7.09. The Kier molecular flexibility index (Phi) is 15.2. The van der Waals surface area contributed by atoms with E-state index in [0.717, 1.165) is 31.4 Å². The van der Waals surface area contributed by atoms with Crippen LogP contribution in [-0.4, -0.2) is 96.4 Å². The van der Waals surface area contributed by atoms with Crippen LogP contribution in [-0.2, 0) is 35.1 Å². The molecule has 1 aromatic carbocycles. The highest BCUT2D eigenvalue weighted by Gasteiger charge is 2.34. The van der Waals surface area contributed by atoms with E-state index < -0.39 is 29.9 Å². The SMILES string of the molecule is COC(=O)[C@@H](C)C[C@H](Cc1ccccc1)NC(=O)c1csc([C@@H](C[C@H](C(C)C)N(C)C(=O)[C@H](C)NC(=O)[C@H]2CCCCN2C)OC(C)=O)n1. The van der Waals surface area contributed by atoms with Crippen LogP contribution in [0.25, 0.3) is 0 Å². The number of carbonyl (C=O) groups is 5. The van der Waals surface area contributed by atoms with Crippen molar-refractivity contribution in [1.82, 2.24) is 25.4 Å². The van der Waals surface area contributed by atoms with Crippen LogP contribution in [0, 0.1) is 11.8 Å². The summed E-state index contributed by atoms with van der Waals surface area (Å²) in [5, 5.41) is 7.97. The van der Waals surface area contributed by atoms with Crippen molar-refractivity contribution in [3.05, 3.63) is 52.0 Å². The molecule has 6 atom stereocenters. The summed E-state index contributed by atoms with van der Waals surface area (Å²) in [6, 6.07) is 7.93. The van der Waals surface area contributed by atoms with E-state index in [2.05, 4.69) is 15.6 Å². The zero-order chi connectivity index (χ0) is 36.2. The number of likely N-dealkylation sites (N-methyl/N-ethyl adjacent to an activating group) is 2. The monoisotopic (exact) mass is 699 g/mol. The minimum Gasteiger partial charge on any atom is -0.469 e. The molecule has 13 heteroatoms. The molecule has 2 heterocycles. The van der Waals surface area contributed by atoms with Gasteiger partial charge in [0.2, 0.25) is 11.8 Å². The van der Waals surface area contributed by atoms with Crippen molar-refractivity contribution in [2.45, 2.75) is 103 Å². The summed E-state index contributed by atoms with van der Waals surface area (Å²) in [7, 11) is 4.96. The summed E-state index contributed by atoms with van der Waals surface area (Å²) in [6.07, 6.45) is 3.08. The van der Waals surface area contributed by atoms with Gasteiger partial charge >= 0.3 is 11.9 Å². The molecule has 2 N–H and O–H groups in total. The van der Waals surface area contributed by atoms with Crippen LogP contribution in [0.15, 0.2) is 35.7 Å². The Hall–Kier alpha value is -3.84. The van der Waals surface area contributed by atoms with Crippen LogP contribution < -0.4 is 10.6 Å². The van der Waals surface area contributed by atoms with E-state index in [9.17, 15) is 24.0 Å². The number of carbonyl (C=O) groups excluding carboxylic acids is 5. The Morgan fingerprint density at radius 2 is 1.73 bits per heavy atom. The normalized spacial score (nSPS) is 18.0. The summed E-state index contributed by atoms with van der Waals surface area (Å²) in [5.41, 5.74) is 1.17. The first-order valence-electron chi connectivity index (χ1n) is 17.0. The number of esters is 2. The van der Waals surface area contributed by atoms with Crippen molar-refractivity contribution in [2.24, 2.45) is 11.8 Å². The lowest BCUT2D eigenvalue weighted by atomic mass is 9.95. The lowest BCUT2D eigenvalue weighted by Gasteiger charge is -2.36. The van der Waals surface area contributed by atoms with Crippen LogP contribution in [0.2, 0.25) is 0 Å². The number of aromatic nitrogens is 1. The number of hydrogen-bond acceptors (Lipinski definition) is 10. The maximum Gasteiger partial charge on any atom is 0.308 e. The largest absolute Gasteiger partial charge is 0.469 e. The number of likely N-dealkylation sites (tertiary alicyclic amines) is 1. The topological polar surface area (TPSA) is 147 Å². The molecular formula is C36H53N5O7S. The summed E-state index contributed by atoms with van der Waals surface area (Å²) >= 11 is 1.20. The summed E-state index contributed by atoms with van der Waals surface area (Å²) < 4.78 is 10.6. The molecule has 0 spiro atoms. The Morgan fingerprint density at radius 1 is 1.04 bits per heavy atom. The third-order valence-electron chi connectivity index (χ3n) is 9.11. The first kappa shape index (κ1) is 39.6. The Balaban J connectivity index is 1.75. The van der Waals surface area contributed by atoms with Crippen molar-refractivity contribution < 1.29 is 33.4 Å². The van der Waals surface area contributed by atoms with Gasteiger partial charge in [0, 0.05) is 37.9 Å². The first-order chi connectivity index (χ1) is 23.2. The summed E-state index contributed by atoms with van der Waals surface area (Å²) in [5.74, 6) is -2.16. The number of ether oxygens (including phenoxy) is 2. The van der Waals surface area contributed by atoms with Gasteiger partial charge in [0.15, 0.2) is 6.10 Å². The number of rotatable bonds is 16. The fraction of sp³-hybridized carbons (Fsp3) is 0.611. The molecule has 49 heavy (non-hydrogen) atoms. The molecule has 0 radical (unpaired) electrons. The minimum atomic E-state index is -0.813. The summed E-state index contributed by atoms with van der Waals surface area (Å²) in [6.45, 7) is 9.55. The Morgan fingerprint density at radius 3 is 2.35 bits per heavy atom. The van der Waals surface area contributed by atoms with E-state index >= 15 is 0 Å². The molecule has 3 amide bonds. The molecule has 1 saturated heterocycles. The highest BCUT2D eigenvalue weighted by Crippen LogP contribution is 2.31. The van der Waals surface area contributed by atoms with Crippen LogP contribution in [0.5, 0.6) is 0 Å². The van der Waals surface area contributed by atoms with Gasteiger partial charge in [0.1, 0.15) is 16.7 Å². The molecule has 0 unspecified atom stereocenters. The third kappa shape index (κ3) is 11.6. The lowest BCUT2D eigenvalue weighted by molar-refractivity contribution is -0.149. The summed E-state index contributed by atoms with van der Waals surface area (Å²) in [4.78, 5) is 72.7. The molecule has 1 fully saturated rings. The van der Waals surface area contributed by atoms with E-state index in [1.54, 1.807) is 31.2 Å². The standard InChI is InChI=1S/C36H53N5O7S/c1-22(2)30(41(7)35(45)24(4)37-33(44)29-16-12-13-17-40(29)6)20-31(48-25(5)42)34-39-28(21-49-34)32(43)38-27(18-23(3)36(46)47-8)19-26-14-10-9-11-15-26/h9-11,14-15,21-24,27,29-31H,12-13,16-20H2,1-8H3,(H,37,44)(H,38,43)/t23-,24-,27+,29+,30+,31+/m0/s1. The van der Waals surface area contributed by atoms with Crippen molar-refractivity contribution in [3.63, 3.8) is 0 Å². The van der Waals surface area contributed by atoms with Crippen LogP contribution in [0.4, 0.5) is 0 Å². The predicted octanol–water partition coefficient (Wildman–Crippen LogP) is 4.15. The molecule has 0 bridgehead atoms. The molecule has 3 rings (SSSR count). The number of amides is 3. The van der Waals surface area contributed by atoms with E-state index in [1.165, 1.54) is 25.4 Å². The molecule has 0 saturated carbocycles. The van der Waals surface area contributed by atoms with E-state index in [4.69, 9.17) is 9.47 Å². The number of nitrogens with zero attached hydrogens (tertiary/aromatic N) is 3. The fourth-order valence-corrected chi connectivity index (χ4v) is 7.20. The Bertz CT molecular complexity index is 1420. The fourth-order valence-electron chi connectivity index (χ4n) is 6.36. The predicted molar refractivity (Wildman–Crippen MR) is 188 cm³/mol. The molecule has 0 aliphatic carbocycles. The van der Waals surface area contributed by atoms with Gasteiger partial charge in [-0.15, -0.1) is 11.3 Å². The number of nitrogens with one attached hydrogen (secondary N) is 2. The van der Waals surface area contributed by atoms with E-state index in [0.29, 0.717) is 17.8 Å². The number of piperidine rings is 1. The molecule has 1 aromatic heterocycles. The number of methoxy groups -OCH3 is 1. The average Bonchev–Trinajstić information content (AvgIpc) is 3.56. The van der Waals surface area contributed by atoms with Gasteiger partial charge in [-0.2, -0.15) is 0 Å². The molecule has 270 valence electrons. The zero-order valence-electron chi connectivity index (χ0n) is 30.1. The maximum atomic E-state index is 13.6. The second-order valence-corrected chi connectivity index (χ2v) is 14.3. The van der Waals surface area contributed by atoms with Crippen LogP contribution in [0.1, 0.15) is 93.9 Å². The van der Waals surface area contributed by atoms with Crippen LogP contribution >= 0.6 is 11.3 Å². The first-order valence-corrected chi connectivity index (χ1v) is 17.9. The second kappa shape index (κ2) is 18.8. The van der Waals surface area contributed by atoms with Gasteiger partial charge in [-0.3, -0.25) is 28.9 Å². The van der Waals surface area contributed by atoms with E-state index in [-0.39, 0.29) is 53.9 Å². The molecule has 2 aromatic rings. The molecule has 12 nitrogen and oxygen atoms in total. The van der Waals surface area contributed by atoms with Gasteiger partial charge in [-0.05, 0) is 57.7 Å². The average molecular weight is 700 g/mol. The van der Waals surface area contributed by atoms with Gasteiger partial charge in [-0.1, -0.05) is 57.5 Å². The molecule has 1 aliphatic heterocycles. The quantitative estimate of drug-likeness (QED) is 0.247. The van der Waals surface area contributed by atoms with Gasteiger partial charge < -0.3 is 25.0 Å². The maximum absolute atomic E-state index is 13.6. The van der Waals surface area contributed by atoms with Crippen molar-refractivity contribution >= 4 is 41.0 Å². The molecular weight excluding hydrogens is 646 g/mol. The van der Waals surface area contributed by atoms with Crippen molar-refractivity contribution in [3.8, 4) is 0 Å². The van der Waals surface area contributed by atoms with Gasteiger partial charge in [0.25, 0.3) is 5.91 Å². The van der Waals surface area contributed by atoms with Crippen molar-refractivity contribution in [2.75, 3.05) is 27.7 Å². The van der Waals surface area contributed by atoms with E-state index in [1.807, 2.05) is 56.1 Å². The zero-order valence-corrected chi connectivity index (χ0v) is 30.9. The minimum absolute atomic E-state index is 0.0299. The second-order valence-electron chi connectivity index (χ2n) is 13.4. The van der Waals surface area contributed by atoms with Gasteiger partial charge in [-0.25, -0.2) is 4.98 Å². The number of thiazole rings is 1. The number of benzene rings is 1. The lowest BCUT2D eigenvalue weighted by Crippen LogP contribution is -2.55. The van der Waals surface area contributed by atoms with Crippen LogP contribution in [0.3, 0.4) is 0 Å².